The van der Waals surface area contributed by atoms with Crippen molar-refractivity contribution >= 4 is 21.6 Å². The molecule has 0 bridgehead atoms. The van der Waals surface area contributed by atoms with Crippen molar-refractivity contribution < 1.29 is 13.5 Å². The number of sulfonamides is 1. The van der Waals surface area contributed by atoms with Crippen molar-refractivity contribution in [1.82, 2.24) is 4.31 Å². The van der Waals surface area contributed by atoms with Gasteiger partial charge < -0.3 is 5.11 Å². The number of benzene rings is 1. The number of hydrogen-bond acceptors (Lipinski definition) is 3. The molecular formula is C14H20ClNO3S. The fourth-order valence-electron chi connectivity index (χ4n) is 2.14. The van der Waals surface area contributed by atoms with Crippen LogP contribution in [-0.2, 0) is 16.6 Å². The lowest BCUT2D eigenvalue weighted by atomic mass is 10.2. The Morgan fingerprint density at radius 1 is 1.40 bits per heavy atom. The van der Waals surface area contributed by atoms with Gasteiger partial charge in [-0.25, -0.2) is 8.42 Å². The number of halogens is 1. The van der Waals surface area contributed by atoms with Gasteiger partial charge in [0.05, 0.1) is 11.6 Å². The zero-order valence-electron chi connectivity index (χ0n) is 11.7. The third kappa shape index (κ3) is 3.34. The molecule has 6 heteroatoms. The number of aliphatic hydroxyl groups is 1. The molecule has 0 amide bonds. The lowest BCUT2D eigenvalue weighted by Crippen LogP contribution is -2.36. The highest BCUT2D eigenvalue weighted by atomic mass is 35.5. The molecule has 1 aliphatic carbocycles. The molecule has 1 N–H and O–H groups in total. The Balaban J connectivity index is 2.41. The summed E-state index contributed by atoms with van der Waals surface area (Å²) in [5.74, 6) is 0.255. The number of nitrogens with zero attached hydrogens (tertiary/aromatic N) is 1. The molecule has 112 valence electrons. The van der Waals surface area contributed by atoms with Crippen LogP contribution in [0.1, 0.15) is 32.3 Å². The molecule has 0 aromatic heterocycles. The Morgan fingerprint density at radius 2 is 2.05 bits per heavy atom. The molecule has 0 spiro atoms. The summed E-state index contributed by atoms with van der Waals surface area (Å²) in [4.78, 5) is 0.0956. The van der Waals surface area contributed by atoms with E-state index in [1.54, 1.807) is 10.4 Å². The van der Waals surface area contributed by atoms with E-state index in [4.69, 9.17) is 11.6 Å². The van der Waals surface area contributed by atoms with Gasteiger partial charge in [-0.05, 0) is 36.5 Å². The fraction of sp³-hybridized carbons (Fsp3) is 0.571. The summed E-state index contributed by atoms with van der Waals surface area (Å²) in [7, 11) is -3.61. The van der Waals surface area contributed by atoms with Crippen molar-refractivity contribution in [1.29, 1.82) is 0 Å². The zero-order valence-corrected chi connectivity index (χ0v) is 13.3. The highest BCUT2D eigenvalue weighted by molar-refractivity contribution is 7.89. The van der Waals surface area contributed by atoms with Crippen molar-refractivity contribution in [3.8, 4) is 0 Å². The maximum Gasteiger partial charge on any atom is 0.244 e. The number of aliphatic hydroxyl groups excluding tert-OH is 1. The van der Waals surface area contributed by atoms with E-state index in [1.807, 2.05) is 13.8 Å². The zero-order chi connectivity index (χ0) is 14.9. The second kappa shape index (κ2) is 6.02. The van der Waals surface area contributed by atoms with Crippen LogP contribution >= 0.6 is 11.6 Å². The third-order valence-corrected chi connectivity index (χ3v) is 5.66. The summed E-state index contributed by atoms with van der Waals surface area (Å²) in [6, 6.07) is 4.72. The molecule has 1 aromatic carbocycles. The number of hydrogen-bond donors (Lipinski definition) is 1. The first-order valence-corrected chi connectivity index (χ1v) is 8.59. The fourth-order valence-corrected chi connectivity index (χ4v) is 4.51. The van der Waals surface area contributed by atoms with Crippen molar-refractivity contribution in [2.24, 2.45) is 5.92 Å². The molecular weight excluding hydrogens is 298 g/mol. The van der Waals surface area contributed by atoms with Crippen LogP contribution in [0, 0.1) is 5.92 Å². The molecule has 0 saturated heterocycles. The standard InChI is InChI=1S/C14H20ClNO3S/c1-10(2)8-16(12-4-5-12)20(18,19)14-7-11(9-17)3-6-13(14)15/h3,6-7,10,12,17H,4-5,8-9H2,1-2H3. The van der Waals surface area contributed by atoms with Crippen LogP contribution in [0.15, 0.2) is 23.1 Å². The van der Waals surface area contributed by atoms with Crippen LogP contribution in [0.25, 0.3) is 0 Å². The van der Waals surface area contributed by atoms with Crippen molar-refractivity contribution in [3.05, 3.63) is 28.8 Å². The Morgan fingerprint density at radius 3 is 2.55 bits per heavy atom. The van der Waals surface area contributed by atoms with E-state index in [1.165, 1.54) is 12.1 Å². The van der Waals surface area contributed by atoms with Crippen molar-refractivity contribution in [2.75, 3.05) is 6.54 Å². The summed E-state index contributed by atoms with van der Waals surface area (Å²) >= 11 is 6.06. The minimum absolute atomic E-state index is 0.0937. The normalized spacial score (nSPS) is 16.1. The van der Waals surface area contributed by atoms with Gasteiger partial charge in [0.1, 0.15) is 4.90 Å². The first-order chi connectivity index (χ1) is 9.36. The van der Waals surface area contributed by atoms with E-state index in [-0.39, 0.29) is 28.5 Å². The average Bonchev–Trinajstić information content (AvgIpc) is 3.20. The average molecular weight is 318 g/mol. The molecule has 0 unspecified atom stereocenters. The maximum atomic E-state index is 12.8. The maximum absolute atomic E-state index is 12.8. The quantitative estimate of drug-likeness (QED) is 0.877. The molecule has 0 radical (unpaired) electrons. The monoisotopic (exact) mass is 317 g/mol. The summed E-state index contributed by atoms with van der Waals surface area (Å²) in [5.41, 5.74) is 0.549. The van der Waals surface area contributed by atoms with Crippen LogP contribution in [0.4, 0.5) is 0 Å². The van der Waals surface area contributed by atoms with Gasteiger partial charge in [0.2, 0.25) is 10.0 Å². The lowest BCUT2D eigenvalue weighted by molar-refractivity contribution is 0.281. The molecule has 0 aliphatic heterocycles. The van der Waals surface area contributed by atoms with Crippen molar-refractivity contribution in [2.45, 2.75) is 44.2 Å². The Kier molecular flexibility index (Phi) is 4.74. The van der Waals surface area contributed by atoms with E-state index in [0.29, 0.717) is 12.1 Å². The summed E-state index contributed by atoms with van der Waals surface area (Å²) in [6.45, 7) is 4.29. The smallest absolute Gasteiger partial charge is 0.244 e. The van der Waals surface area contributed by atoms with Crippen LogP contribution in [0.5, 0.6) is 0 Å². The van der Waals surface area contributed by atoms with E-state index < -0.39 is 10.0 Å². The topological polar surface area (TPSA) is 57.6 Å². The highest BCUT2D eigenvalue weighted by Gasteiger charge is 2.39. The first kappa shape index (κ1) is 15.8. The van der Waals surface area contributed by atoms with E-state index in [2.05, 4.69) is 0 Å². The van der Waals surface area contributed by atoms with Gasteiger partial charge >= 0.3 is 0 Å². The Bertz CT molecular complexity index is 582. The summed E-state index contributed by atoms with van der Waals surface area (Å²) < 4.78 is 27.2. The molecule has 1 aliphatic rings. The molecule has 4 nitrogen and oxygen atoms in total. The Labute approximate surface area is 125 Å². The van der Waals surface area contributed by atoms with Gasteiger partial charge in [-0.2, -0.15) is 4.31 Å². The SMILES string of the molecule is CC(C)CN(C1CC1)S(=O)(=O)c1cc(CO)ccc1Cl. The molecule has 2 rings (SSSR count). The van der Waals surface area contributed by atoms with Crippen LogP contribution in [-0.4, -0.2) is 30.4 Å². The number of rotatable bonds is 6. The van der Waals surface area contributed by atoms with E-state index in [0.717, 1.165) is 12.8 Å². The summed E-state index contributed by atoms with van der Waals surface area (Å²) in [5, 5.41) is 9.38. The predicted molar refractivity (Wildman–Crippen MR) is 79.1 cm³/mol. The third-order valence-electron chi connectivity index (χ3n) is 3.26. The lowest BCUT2D eigenvalue weighted by Gasteiger charge is -2.24. The molecule has 0 atom stereocenters. The Hall–Kier alpha value is -0.620. The minimum atomic E-state index is -3.61. The van der Waals surface area contributed by atoms with E-state index in [9.17, 15) is 13.5 Å². The minimum Gasteiger partial charge on any atom is -0.392 e. The predicted octanol–water partition coefficient (Wildman–Crippen LogP) is 2.64. The molecule has 0 heterocycles. The molecule has 1 aromatic rings. The van der Waals surface area contributed by atoms with Crippen LogP contribution < -0.4 is 0 Å². The first-order valence-electron chi connectivity index (χ1n) is 6.77. The second-order valence-corrected chi connectivity index (χ2v) is 7.89. The molecule has 1 fully saturated rings. The van der Waals surface area contributed by atoms with Gasteiger partial charge in [0, 0.05) is 12.6 Å². The highest BCUT2D eigenvalue weighted by Crippen LogP contribution is 2.35. The van der Waals surface area contributed by atoms with Gasteiger partial charge in [-0.1, -0.05) is 31.5 Å². The second-order valence-electron chi connectivity index (χ2n) is 5.62. The van der Waals surface area contributed by atoms with Gasteiger partial charge in [-0.3, -0.25) is 0 Å². The molecule has 1 saturated carbocycles. The van der Waals surface area contributed by atoms with E-state index >= 15 is 0 Å². The van der Waals surface area contributed by atoms with Gasteiger partial charge in [0.15, 0.2) is 0 Å². The van der Waals surface area contributed by atoms with Crippen LogP contribution in [0.2, 0.25) is 5.02 Å². The van der Waals surface area contributed by atoms with Crippen molar-refractivity contribution in [3.63, 3.8) is 0 Å². The van der Waals surface area contributed by atoms with Gasteiger partial charge in [0.25, 0.3) is 0 Å². The summed E-state index contributed by atoms with van der Waals surface area (Å²) in [6.07, 6.45) is 1.81. The molecule has 20 heavy (non-hydrogen) atoms. The van der Waals surface area contributed by atoms with Gasteiger partial charge in [-0.15, -0.1) is 0 Å². The van der Waals surface area contributed by atoms with Crippen LogP contribution in [0.3, 0.4) is 0 Å². The largest absolute Gasteiger partial charge is 0.392 e.